The highest BCUT2D eigenvalue weighted by Gasteiger charge is 2.13. The Kier molecular flexibility index (Phi) is 2.86. The molecule has 0 bridgehead atoms. The van der Waals surface area contributed by atoms with E-state index < -0.39 is 4.92 Å². The van der Waals surface area contributed by atoms with Crippen molar-refractivity contribution >= 4 is 17.3 Å². The predicted molar refractivity (Wildman–Crippen MR) is 61.2 cm³/mol. The third-order valence-corrected chi connectivity index (χ3v) is 2.18. The standard InChI is InChI=1S/C9H10N6O2/c10-8-6(5-13-14-8)4-12-7-2-1-3-11-9(7)15(16)17/h1-3,5,12H,4H2,(H3,10,13,14). The molecule has 2 aromatic heterocycles. The van der Waals surface area contributed by atoms with Gasteiger partial charge in [0.2, 0.25) is 0 Å². The molecule has 88 valence electrons. The van der Waals surface area contributed by atoms with Crippen molar-refractivity contribution in [2.24, 2.45) is 0 Å². The van der Waals surface area contributed by atoms with E-state index in [1.807, 2.05) is 0 Å². The summed E-state index contributed by atoms with van der Waals surface area (Å²) < 4.78 is 0. The smallest absolute Gasteiger partial charge is 0.384 e. The van der Waals surface area contributed by atoms with Crippen LogP contribution in [0, 0.1) is 10.1 Å². The number of hydrogen-bond acceptors (Lipinski definition) is 6. The molecule has 0 radical (unpaired) electrons. The molecule has 8 heteroatoms. The number of nitrogens with two attached hydrogens (primary N) is 1. The van der Waals surface area contributed by atoms with Gasteiger partial charge in [0.05, 0.1) is 6.20 Å². The van der Waals surface area contributed by atoms with Crippen LogP contribution in [0.15, 0.2) is 24.5 Å². The fourth-order valence-corrected chi connectivity index (χ4v) is 1.33. The van der Waals surface area contributed by atoms with E-state index >= 15 is 0 Å². The first-order chi connectivity index (χ1) is 8.18. The minimum Gasteiger partial charge on any atom is -0.384 e. The van der Waals surface area contributed by atoms with Crippen LogP contribution in [0.1, 0.15) is 5.56 Å². The first-order valence-corrected chi connectivity index (χ1v) is 4.79. The Bertz CT molecular complexity index is 538. The molecule has 0 amide bonds. The number of nitrogen functional groups attached to an aromatic ring is 1. The van der Waals surface area contributed by atoms with E-state index in [9.17, 15) is 10.1 Å². The molecule has 0 saturated carbocycles. The van der Waals surface area contributed by atoms with E-state index in [2.05, 4.69) is 20.5 Å². The van der Waals surface area contributed by atoms with E-state index in [0.717, 1.165) is 5.56 Å². The average molecular weight is 234 g/mol. The molecule has 0 aliphatic heterocycles. The van der Waals surface area contributed by atoms with Gasteiger partial charge in [-0.25, -0.2) is 0 Å². The van der Waals surface area contributed by atoms with E-state index in [0.29, 0.717) is 18.1 Å². The molecule has 0 spiro atoms. The van der Waals surface area contributed by atoms with Crippen molar-refractivity contribution in [3.63, 3.8) is 0 Å². The van der Waals surface area contributed by atoms with Crippen LogP contribution in [-0.4, -0.2) is 20.1 Å². The number of rotatable bonds is 4. The van der Waals surface area contributed by atoms with Gasteiger partial charge in [-0.3, -0.25) is 5.10 Å². The molecule has 0 atom stereocenters. The number of nitrogens with zero attached hydrogens (tertiary/aromatic N) is 3. The second kappa shape index (κ2) is 4.47. The van der Waals surface area contributed by atoms with Gasteiger partial charge in [-0.05, 0) is 22.0 Å². The SMILES string of the molecule is Nc1[nH]ncc1CNc1cccnc1[N+](=O)[O-]. The van der Waals surface area contributed by atoms with E-state index in [4.69, 9.17) is 5.73 Å². The molecule has 0 aromatic carbocycles. The van der Waals surface area contributed by atoms with Gasteiger partial charge in [-0.15, -0.1) is 0 Å². The number of H-pyrrole nitrogens is 1. The lowest BCUT2D eigenvalue weighted by Gasteiger charge is -2.05. The summed E-state index contributed by atoms with van der Waals surface area (Å²) >= 11 is 0. The van der Waals surface area contributed by atoms with Crippen LogP contribution in [0.3, 0.4) is 0 Å². The van der Waals surface area contributed by atoms with Crippen LogP contribution in [-0.2, 0) is 6.54 Å². The maximum absolute atomic E-state index is 10.7. The van der Waals surface area contributed by atoms with E-state index in [-0.39, 0.29) is 5.82 Å². The molecule has 4 N–H and O–H groups in total. The van der Waals surface area contributed by atoms with Gasteiger partial charge < -0.3 is 21.2 Å². The molecule has 8 nitrogen and oxygen atoms in total. The maximum atomic E-state index is 10.7. The third-order valence-electron chi connectivity index (χ3n) is 2.18. The van der Waals surface area contributed by atoms with Crippen molar-refractivity contribution in [1.82, 2.24) is 15.2 Å². The fourth-order valence-electron chi connectivity index (χ4n) is 1.33. The molecule has 2 aromatic rings. The van der Waals surface area contributed by atoms with Gasteiger partial charge in [0.1, 0.15) is 17.7 Å². The molecule has 2 rings (SSSR count). The zero-order chi connectivity index (χ0) is 12.3. The Morgan fingerprint density at radius 3 is 3.06 bits per heavy atom. The lowest BCUT2D eigenvalue weighted by Crippen LogP contribution is -2.04. The Morgan fingerprint density at radius 2 is 2.41 bits per heavy atom. The summed E-state index contributed by atoms with van der Waals surface area (Å²) in [6, 6.07) is 3.20. The van der Waals surface area contributed by atoms with E-state index in [1.165, 1.54) is 6.20 Å². The topological polar surface area (TPSA) is 123 Å². The molecule has 0 fully saturated rings. The predicted octanol–water partition coefficient (Wildman–Crippen LogP) is 0.907. The molecule has 0 saturated heterocycles. The average Bonchev–Trinajstić information content (AvgIpc) is 2.72. The molecular formula is C9H10N6O2. The Labute approximate surface area is 96.0 Å². The lowest BCUT2D eigenvalue weighted by molar-refractivity contribution is -0.388. The molecule has 17 heavy (non-hydrogen) atoms. The van der Waals surface area contributed by atoms with Gasteiger partial charge in [0.25, 0.3) is 0 Å². The summed E-state index contributed by atoms with van der Waals surface area (Å²) in [7, 11) is 0. The normalized spacial score (nSPS) is 10.1. The Morgan fingerprint density at radius 1 is 1.59 bits per heavy atom. The summed E-state index contributed by atoms with van der Waals surface area (Å²) in [5, 5.41) is 19.9. The van der Waals surface area contributed by atoms with Crippen molar-refractivity contribution in [3.8, 4) is 0 Å². The monoisotopic (exact) mass is 234 g/mol. The summed E-state index contributed by atoms with van der Waals surface area (Å²) in [6.07, 6.45) is 2.93. The van der Waals surface area contributed by atoms with E-state index in [1.54, 1.807) is 18.3 Å². The number of anilines is 2. The number of pyridine rings is 1. The van der Waals surface area contributed by atoms with Crippen LogP contribution in [0.5, 0.6) is 0 Å². The van der Waals surface area contributed by atoms with Gasteiger partial charge in [-0.2, -0.15) is 5.10 Å². The molecule has 0 aliphatic carbocycles. The van der Waals surface area contributed by atoms with Crippen LogP contribution in [0.2, 0.25) is 0 Å². The quantitative estimate of drug-likeness (QED) is 0.533. The highest BCUT2D eigenvalue weighted by molar-refractivity contribution is 5.57. The van der Waals surface area contributed by atoms with Gasteiger partial charge in [0, 0.05) is 12.1 Å². The number of hydrogen-bond donors (Lipinski definition) is 3. The van der Waals surface area contributed by atoms with Crippen LogP contribution < -0.4 is 11.1 Å². The lowest BCUT2D eigenvalue weighted by atomic mass is 10.3. The number of aromatic amines is 1. The first-order valence-electron chi connectivity index (χ1n) is 4.79. The van der Waals surface area contributed by atoms with Gasteiger partial charge >= 0.3 is 5.82 Å². The van der Waals surface area contributed by atoms with Crippen molar-refractivity contribution < 1.29 is 4.92 Å². The Hall–Kier alpha value is -2.64. The maximum Gasteiger partial charge on any atom is 0.386 e. The third kappa shape index (κ3) is 2.30. The largest absolute Gasteiger partial charge is 0.386 e. The molecule has 0 aliphatic rings. The summed E-state index contributed by atoms with van der Waals surface area (Å²) in [5.41, 5.74) is 6.68. The van der Waals surface area contributed by atoms with Crippen molar-refractivity contribution in [2.75, 3.05) is 11.1 Å². The van der Waals surface area contributed by atoms with Crippen LogP contribution in [0.25, 0.3) is 0 Å². The van der Waals surface area contributed by atoms with Gasteiger partial charge in [0.15, 0.2) is 0 Å². The zero-order valence-corrected chi connectivity index (χ0v) is 8.75. The Balaban J connectivity index is 2.14. The summed E-state index contributed by atoms with van der Waals surface area (Å²) in [6.45, 7) is 0.342. The molecule has 2 heterocycles. The van der Waals surface area contributed by atoms with Gasteiger partial charge in [-0.1, -0.05) is 0 Å². The summed E-state index contributed by atoms with van der Waals surface area (Å²) in [4.78, 5) is 13.9. The number of aromatic nitrogens is 3. The zero-order valence-electron chi connectivity index (χ0n) is 8.75. The van der Waals surface area contributed by atoms with Crippen molar-refractivity contribution in [1.29, 1.82) is 0 Å². The second-order valence-corrected chi connectivity index (χ2v) is 3.29. The van der Waals surface area contributed by atoms with Crippen molar-refractivity contribution in [2.45, 2.75) is 6.54 Å². The molecule has 0 unspecified atom stereocenters. The number of nitro groups is 1. The molecular weight excluding hydrogens is 224 g/mol. The minimum absolute atomic E-state index is 0.213. The number of nitrogens with one attached hydrogen (secondary N) is 2. The minimum atomic E-state index is -0.541. The fraction of sp³-hybridized carbons (Fsp3) is 0.111. The highest BCUT2D eigenvalue weighted by Crippen LogP contribution is 2.21. The van der Waals surface area contributed by atoms with Crippen LogP contribution >= 0.6 is 0 Å². The van der Waals surface area contributed by atoms with Crippen LogP contribution in [0.4, 0.5) is 17.3 Å². The first kappa shape index (κ1) is 10.9. The highest BCUT2D eigenvalue weighted by atomic mass is 16.6. The summed E-state index contributed by atoms with van der Waals surface area (Å²) in [5.74, 6) is 0.221. The second-order valence-electron chi connectivity index (χ2n) is 3.29. The van der Waals surface area contributed by atoms with Crippen molar-refractivity contribution in [3.05, 3.63) is 40.2 Å².